The van der Waals surface area contributed by atoms with Crippen LogP contribution in [0.25, 0.3) is 0 Å². The normalized spacial score (nSPS) is 23.0. The first kappa shape index (κ1) is 18.6. The summed E-state index contributed by atoms with van der Waals surface area (Å²) in [5.41, 5.74) is 0.323. The van der Waals surface area contributed by atoms with Crippen LogP contribution in [0, 0.1) is 5.92 Å². The summed E-state index contributed by atoms with van der Waals surface area (Å²) in [5, 5.41) is 5.77. The zero-order chi connectivity index (χ0) is 18.5. The van der Waals surface area contributed by atoms with E-state index in [4.69, 9.17) is 0 Å². The van der Waals surface area contributed by atoms with Crippen molar-refractivity contribution >= 4 is 11.8 Å². The fourth-order valence-electron chi connectivity index (χ4n) is 3.59. The predicted molar refractivity (Wildman–Crippen MR) is 96.2 cm³/mol. The number of nitrogens with zero attached hydrogens (tertiary/aromatic N) is 2. The van der Waals surface area contributed by atoms with E-state index in [9.17, 15) is 14.4 Å². The van der Waals surface area contributed by atoms with E-state index in [2.05, 4.69) is 25.5 Å². The van der Waals surface area contributed by atoms with Gasteiger partial charge in [0.25, 0.3) is 5.56 Å². The Kier molecular flexibility index (Phi) is 6.03. The van der Waals surface area contributed by atoms with Crippen LogP contribution in [0.5, 0.6) is 0 Å². The summed E-state index contributed by atoms with van der Waals surface area (Å²) in [5.74, 6) is 0.694. The molecule has 26 heavy (non-hydrogen) atoms. The molecule has 0 unspecified atom stereocenters. The minimum Gasteiger partial charge on any atom is -0.355 e. The van der Waals surface area contributed by atoms with Gasteiger partial charge in [-0.25, -0.2) is 4.98 Å². The summed E-state index contributed by atoms with van der Waals surface area (Å²) in [6, 6.07) is 1.91. The highest BCUT2D eigenvalue weighted by molar-refractivity contribution is 5.76. The fraction of sp³-hybridized carbons (Fsp3) is 0.667. The lowest BCUT2D eigenvalue weighted by Gasteiger charge is -2.30. The lowest BCUT2D eigenvalue weighted by molar-refractivity contribution is -0.123. The Morgan fingerprint density at radius 1 is 1.23 bits per heavy atom. The van der Waals surface area contributed by atoms with E-state index in [0.29, 0.717) is 24.7 Å². The number of hydrogen-bond acceptors (Lipinski definition) is 5. The Morgan fingerprint density at radius 2 is 2.00 bits per heavy atom. The van der Waals surface area contributed by atoms with E-state index in [1.165, 1.54) is 32.2 Å². The van der Waals surface area contributed by atoms with Crippen LogP contribution in [0.4, 0.5) is 0 Å². The van der Waals surface area contributed by atoms with Gasteiger partial charge in [0.2, 0.25) is 11.8 Å². The molecule has 1 aromatic rings. The Hall–Kier alpha value is -2.22. The molecule has 0 radical (unpaired) electrons. The molecule has 0 spiro atoms. The molecule has 8 heteroatoms. The summed E-state index contributed by atoms with van der Waals surface area (Å²) >= 11 is 0. The molecule has 142 valence electrons. The monoisotopic (exact) mass is 361 g/mol. The number of amides is 2. The number of H-pyrrole nitrogens is 1. The van der Waals surface area contributed by atoms with E-state index in [0.717, 1.165) is 25.3 Å². The van der Waals surface area contributed by atoms with Gasteiger partial charge in [-0.05, 0) is 31.6 Å². The first-order valence-electron chi connectivity index (χ1n) is 9.31. The van der Waals surface area contributed by atoms with Crippen LogP contribution in [-0.2, 0) is 16.1 Å². The fourth-order valence-corrected chi connectivity index (χ4v) is 3.59. The lowest BCUT2D eigenvalue weighted by atomic mass is 10.1. The maximum absolute atomic E-state index is 12.4. The molecule has 2 amide bonds. The molecule has 8 nitrogen and oxygen atoms in total. The number of aromatic nitrogens is 2. The summed E-state index contributed by atoms with van der Waals surface area (Å²) in [6.45, 7) is 3.45. The summed E-state index contributed by atoms with van der Waals surface area (Å²) in [7, 11) is 0. The highest BCUT2D eigenvalue weighted by Crippen LogP contribution is 2.35. The van der Waals surface area contributed by atoms with Crippen LogP contribution in [-0.4, -0.2) is 51.9 Å². The van der Waals surface area contributed by atoms with Crippen LogP contribution in [0.2, 0.25) is 0 Å². The summed E-state index contributed by atoms with van der Waals surface area (Å²) < 4.78 is 0. The molecule has 1 saturated heterocycles. The molecular weight excluding hydrogens is 334 g/mol. The van der Waals surface area contributed by atoms with Gasteiger partial charge in [0.05, 0.1) is 18.6 Å². The van der Waals surface area contributed by atoms with Crippen molar-refractivity contribution < 1.29 is 9.59 Å². The van der Waals surface area contributed by atoms with Crippen LogP contribution >= 0.6 is 0 Å². The van der Waals surface area contributed by atoms with Crippen molar-refractivity contribution in [3.05, 3.63) is 28.4 Å². The maximum Gasteiger partial charge on any atom is 0.250 e. The summed E-state index contributed by atoms with van der Waals surface area (Å²) in [6.07, 6.45) is 6.26. The van der Waals surface area contributed by atoms with Crippen LogP contribution in [0.1, 0.15) is 44.7 Å². The molecule has 1 saturated carbocycles. The predicted octanol–water partition coefficient (Wildman–Crippen LogP) is 0.155. The van der Waals surface area contributed by atoms with Gasteiger partial charge in [-0.3, -0.25) is 19.3 Å². The minimum absolute atomic E-state index is 0.0112. The van der Waals surface area contributed by atoms with E-state index < -0.39 is 0 Å². The second-order valence-corrected chi connectivity index (χ2v) is 7.35. The van der Waals surface area contributed by atoms with Crippen molar-refractivity contribution in [1.82, 2.24) is 25.5 Å². The van der Waals surface area contributed by atoms with Crippen molar-refractivity contribution in [3.8, 4) is 0 Å². The molecule has 2 heterocycles. The van der Waals surface area contributed by atoms with E-state index in [-0.39, 0.29) is 30.0 Å². The second kappa shape index (κ2) is 8.44. The first-order valence-corrected chi connectivity index (χ1v) is 9.31. The molecule has 1 aliphatic heterocycles. The Morgan fingerprint density at radius 3 is 2.69 bits per heavy atom. The third kappa shape index (κ3) is 5.39. The summed E-state index contributed by atoms with van der Waals surface area (Å²) in [4.78, 5) is 43.8. The average Bonchev–Trinajstić information content (AvgIpc) is 3.34. The molecule has 2 aliphatic rings. The number of carbonyl (C=O) groups excluding carboxylic acids is 2. The van der Waals surface area contributed by atoms with E-state index in [1.54, 1.807) is 0 Å². The number of carbonyl (C=O) groups is 2. The third-order valence-corrected chi connectivity index (χ3v) is 5.15. The zero-order valence-electron chi connectivity index (χ0n) is 15.2. The van der Waals surface area contributed by atoms with Gasteiger partial charge >= 0.3 is 0 Å². The van der Waals surface area contributed by atoms with Gasteiger partial charge in [0, 0.05) is 44.6 Å². The molecular formula is C18H27N5O3. The van der Waals surface area contributed by atoms with Crippen molar-refractivity contribution in [1.29, 1.82) is 0 Å². The molecule has 3 rings (SSSR count). The maximum atomic E-state index is 12.4. The third-order valence-electron chi connectivity index (χ3n) is 5.15. The first-order chi connectivity index (χ1) is 12.5. The SMILES string of the molecule is CC(=O)NC[C@@H]1CC[C@H](CC(=O)NCc2cc(=O)[nH]cn2)N1CC1CC1. The van der Waals surface area contributed by atoms with Gasteiger partial charge < -0.3 is 15.6 Å². The van der Waals surface area contributed by atoms with Crippen molar-refractivity contribution in [2.45, 2.75) is 57.7 Å². The number of likely N-dealkylation sites (tertiary alicyclic amines) is 1. The standard InChI is InChI=1S/C18H27N5O3/c1-12(24)19-9-16-5-4-15(23(16)10-13-2-3-13)7-18(26)20-8-14-6-17(25)22-11-21-14/h6,11,13,15-16H,2-5,7-10H2,1H3,(H,19,24)(H,20,26)(H,21,22,25)/t15-,16+/m1/s1. The number of rotatable bonds is 8. The smallest absolute Gasteiger partial charge is 0.250 e. The van der Waals surface area contributed by atoms with Gasteiger partial charge in [0.15, 0.2) is 0 Å². The Bertz CT molecular complexity index is 700. The van der Waals surface area contributed by atoms with Gasteiger partial charge in [-0.2, -0.15) is 0 Å². The molecule has 3 N–H and O–H groups in total. The van der Waals surface area contributed by atoms with E-state index >= 15 is 0 Å². The lowest BCUT2D eigenvalue weighted by Crippen LogP contribution is -2.45. The van der Waals surface area contributed by atoms with Crippen LogP contribution in [0.15, 0.2) is 17.2 Å². The molecule has 2 fully saturated rings. The molecule has 1 aromatic heterocycles. The van der Waals surface area contributed by atoms with Crippen molar-refractivity contribution in [3.63, 3.8) is 0 Å². The van der Waals surface area contributed by atoms with Crippen molar-refractivity contribution in [2.75, 3.05) is 13.1 Å². The topological polar surface area (TPSA) is 107 Å². The number of hydrogen-bond donors (Lipinski definition) is 3. The van der Waals surface area contributed by atoms with Gasteiger partial charge in [-0.15, -0.1) is 0 Å². The van der Waals surface area contributed by atoms with Gasteiger partial charge in [0.1, 0.15) is 0 Å². The van der Waals surface area contributed by atoms with Crippen LogP contribution < -0.4 is 16.2 Å². The largest absolute Gasteiger partial charge is 0.355 e. The molecule has 1 aliphatic carbocycles. The van der Waals surface area contributed by atoms with Crippen molar-refractivity contribution in [2.24, 2.45) is 5.92 Å². The van der Waals surface area contributed by atoms with Crippen LogP contribution in [0.3, 0.4) is 0 Å². The van der Waals surface area contributed by atoms with E-state index in [1.807, 2.05) is 0 Å². The Balaban J connectivity index is 1.52. The number of nitrogens with one attached hydrogen (secondary N) is 3. The molecule has 0 aromatic carbocycles. The average molecular weight is 361 g/mol. The quantitative estimate of drug-likeness (QED) is 0.611. The zero-order valence-corrected chi connectivity index (χ0v) is 15.2. The highest BCUT2D eigenvalue weighted by atomic mass is 16.2. The minimum atomic E-state index is -0.225. The second-order valence-electron chi connectivity index (χ2n) is 7.35. The van der Waals surface area contributed by atoms with Gasteiger partial charge in [-0.1, -0.05) is 0 Å². The number of aromatic amines is 1. The Labute approximate surface area is 152 Å². The molecule has 0 bridgehead atoms. The molecule has 2 atom stereocenters. The highest BCUT2D eigenvalue weighted by Gasteiger charge is 2.37.